The lowest BCUT2D eigenvalue weighted by Crippen LogP contribution is -2.49. The van der Waals surface area contributed by atoms with Crippen LogP contribution in [0.4, 0.5) is 27.1 Å². The van der Waals surface area contributed by atoms with Gasteiger partial charge in [0.2, 0.25) is 0 Å². The average Bonchev–Trinajstić information content (AvgIpc) is 3.52. The number of rotatable bonds is 6. The number of amides is 2. The Labute approximate surface area is 241 Å². The normalized spacial score (nSPS) is 15.0. The Morgan fingerprint density at radius 1 is 0.854 bits per heavy atom. The summed E-state index contributed by atoms with van der Waals surface area (Å²) in [5, 5.41) is 17.0. The summed E-state index contributed by atoms with van der Waals surface area (Å²) in [4.78, 5) is 42.4. The molecule has 0 spiro atoms. The van der Waals surface area contributed by atoms with Gasteiger partial charge in [-0.25, -0.2) is 4.39 Å². The highest BCUT2D eigenvalue weighted by Gasteiger charge is 2.25. The smallest absolute Gasteiger partial charge is 0.270 e. The van der Waals surface area contributed by atoms with E-state index in [4.69, 9.17) is 12.2 Å². The summed E-state index contributed by atoms with van der Waals surface area (Å²) < 4.78 is 14.0. The van der Waals surface area contributed by atoms with Crippen molar-refractivity contribution < 1.29 is 18.9 Å². The highest BCUT2D eigenvalue weighted by molar-refractivity contribution is 7.80. The number of hydrogen-bond donors (Lipinski definition) is 2. The first-order valence-electron chi connectivity index (χ1n) is 13.3. The average molecular weight is 577 g/mol. The molecule has 2 aliphatic rings. The van der Waals surface area contributed by atoms with Crippen molar-refractivity contribution in [2.24, 2.45) is 0 Å². The Morgan fingerprint density at radius 2 is 1.54 bits per heavy atom. The number of nitro benzene ring substituents is 1. The van der Waals surface area contributed by atoms with E-state index in [-0.39, 0.29) is 27.8 Å². The molecule has 0 aromatic heterocycles. The standard InChI is InChI=1S/C29H29FN6O4S/c30-25-6-2-1-5-23(25)28(38)35-17-15-33(16-18-35)21-9-7-20(8-10-21)31-29(41)32-27(37)24-19-22(36(39)40)11-12-26(24)34-13-3-4-14-34/h1-2,5-12,19H,3-4,13-18H2,(H2,31,32,37,41). The summed E-state index contributed by atoms with van der Waals surface area (Å²) in [6.45, 7) is 3.71. The molecule has 0 aliphatic carbocycles. The van der Waals surface area contributed by atoms with E-state index < -0.39 is 16.6 Å². The summed E-state index contributed by atoms with van der Waals surface area (Å²) in [7, 11) is 0. The van der Waals surface area contributed by atoms with Crippen LogP contribution in [0.25, 0.3) is 0 Å². The van der Waals surface area contributed by atoms with E-state index in [0.29, 0.717) is 37.6 Å². The summed E-state index contributed by atoms with van der Waals surface area (Å²) >= 11 is 5.35. The van der Waals surface area contributed by atoms with E-state index in [1.165, 1.54) is 24.3 Å². The molecular formula is C29H29FN6O4S. The van der Waals surface area contributed by atoms with E-state index in [0.717, 1.165) is 31.6 Å². The van der Waals surface area contributed by atoms with Gasteiger partial charge >= 0.3 is 0 Å². The van der Waals surface area contributed by atoms with Gasteiger partial charge in [0.15, 0.2) is 5.11 Å². The number of non-ortho nitro benzene ring substituents is 1. The second-order valence-corrected chi connectivity index (χ2v) is 10.3. The van der Waals surface area contributed by atoms with Crippen LogP contribution >= 0.6 is 12.2 Å². The lowest BCUT2D eigenvalue weighted by Gasteiger charge is -2.36. The number of thiocarbonyl (C=S) groups is 1. The number of carbonyl (C=O) groups is 2. The van der Waals surface area contributed by atoms with Crippen LogP contribution in [0.5, 0.6) is 0 Å². The third-order valence-electron chi connectivity index (χ3n) is 7.27. The van der Waals surface area contributed by atoms with Crippen molar-refractivity contribution >= 4 is 51.9 Å². The molecule has 10 nitrogen and oxygen atoms in total. The molecule has 212 valence electrons. The minimum atomic E-state index is -0.524. The second-order valence-electron chi connectivity index (χ2n) is 9.87. The molecule has 0 atom stereocenters. The molecular weight excluding hydrogens is 547 g/mol. The quantitative estimate of drug-likeness (QED) is 0.252. The maximum Gasteiger partial charge on any atom is 0.270 e. The second kappa shape index (κ2) is 12.3. The maximum absolute atomic E-state index is 14.0. The number of nitrogens with zero attached hydrogens (tertiary/aromatic N) is 4. The SMILES string of the molecule is O=C(NC(=S)Nc1ccc(N2CCN(C(=O)c3ccccc3F)CC2)cc1)c1cc([N+](=O)[O-])ccc1N1CCCC1. The molecule has 0 unspecified atom stereocenters. The van der Waals surface area contributed by atoms with Crippen LogP contribution in [0.15, 0.2) is 66.7 Å². The first-order valence-corrected chi connectivity index (χ1v) is 13.8. The van der Waals surface area contributed by atoms with Crippen molar-refractivity contribution in [1.29, 1.82) is 0 Å². The molecule has 12 heteroatoms. The fourth-order valence-electron chi connectivity index (χ4n) is 5.11. The van der Waals surface area contributed by atoms with E-state index in [1.54, 1.807) is 23.1 Å². The predicted molar refractivity (Wildman–Crippen MR) is 159 cm³/mol. The van der Waals surface area contributed by atoms with Gasteiger partial charge < -0.3 is 20.0 Å². The highest BCUT2D eigenvalue weighted by Crippen LogP contribution is 2.28. The molecule has 0 bridgehead atoms. The van der Waals surface area contributed by atoms with Crippen LogP contribution in [0.2, 0.25) is 0 Å². The highest BCUT2D eigenvalue weighted by atomic mass is 32.1. The van der Waals surface area contributed by atoms with Gasteiger partial charge in [-0.05, 0) is 67.5 Å². The molecule has 2 saturated heterocycles. The topological polar surface area (TPSA) is 111 Å². The number of carbonyl (C=O) groups excluding carboxylic acids is 2. The van der Waals surface area contributed by atoms with E-state index >= 15 is 0 Å². The molecule has 3 aromatic rings. The molecule has 5 rings (SSSR count). The first kappa shape index (κ1) is 28.0. The third-order valence-corrected chi connectivity index (χ3v) is 7.47. The Bertz CT molecular complexity index is 1470. The van der Waals surface area contributed by atoms with Crippen molar-refractivity contribution in [1.82, 2.24) is 10.2 Å². The molecule has 2 N–H and O–H groups in total. The zero-order chi connectivity index (χ0) is 28.9. The van der Waals surface area contributed by atoms with Crippen LogP contribution < -0.4 is 20.4 Å². The summed E-state index contributed by atoms with van der Waals surface area (Å²) in [6, 6.07) is 17.8. The Kier molecular flexibility index (Phi) is 8.39. The van der Waals surface area contributed by atoms with Gasteiger partial charge in [0, 0.05) is 62.8 Å². The van der Waals surface area contributed by atoms with Gasteiger partial charge in [-0.3, -0.25) is 25.0 Å². The summed E-state index contributed by atoms with van der Waals surface area (Å²) in [5.74, 6) is -1.35. The Balaban J connectivity index is 1.17. The van der Waals surface area contributed by atoms with Gasteiger partial charge in [0.05, 0.1) is 21.7 Å². The molecule has 2 aliphatic heterocycles. The van der Waals surface area contributed by atoms with Crippen LogP contribution in [-0.2, 0) is 0 Å². The molecule has 2 amide bonds. The van der Waals surface area contributed by atoms with Crippen LogP contribution in [0, 0.1) is 15.9 Å². The molecule has 3 aromatic carbocycles. The van der Waals surface area contributed by atoms with E-state index in [1.807, 2.05) is 29.2 Å². The number of hydrogen-bond acceptors (Lipinski definition) is 7. The molecule has 2 fully saturated rings. The van der Waals surface area contributed by atoms with E-state index in [2.05, 4.69) is 15.5 Å². The lowest BCUT2D eigenvalue weighted by molar-refractivity contribution is -0.384. The minimum absolute atomic E-state index is 0.0712. The first-order chi connectivity index (χ1) is 19.8. The van der Waals surface area contributed by atoms with Crippen molar-refractivity contribution in [3.63, 3.8) is 0 Å². The van der Waals surface area contributed by atoms with Crippen molar-refractivity contribution in [2.75, 3.05) is 54.4 Å². The minimum Gasteiger partial charge on any atom is -0.371 e. The predicted octanol–water partition coefficient (Wildman–Crippen LogP) is 4.42. The monoisotopic (exact) mass is 576 g/mol. The molecule has 2 heterocycles. The molecule has 0 radical (unpaired) electrons. The molecule has 41 heavy (non-hydrogen) atoms. The fraction of sp³-hybridized carbons (Fsp3) is 0.276. The Hall–Kier alpha value is -4.58. The number of anilines is 3. The van der Waals surface area contributed by atoms with Gasteiger partial charge in [0.1, 0.15) is 5.82 Å². The van der Waals surface area contributed by atoms with Crippen molar-refractivity contribution in [3.8, 4) is 0 Å². The number of piperazine rings is 1. The zero-order valence-electron chi connectivity index (χ0n) is 22.2. The van der Waals surface area contributed by atoms with E-state index in [9.17, 15) is 24.1 Å². The van der Waals surface area contributed by atoms with Gasteiger partial charge in [-0.1, -0.05) is 12.1 Å². The number of nitrogens with one attached hydrogen (secondary N) is 2. The number of halogens is 1. The third kappa shape index (κ3) is 6.43. The zero-order valence-corrected chi connectivity index (χ0v) is 23.0. The van der Waals surface area contributed by atoms with Crippen molar-refractivity contribution in [3.05, 3.63) is 93.8 Å². The van der Waals surface area contributed by atoms with Crippen molar-refractivity contribution in [2.45, 2.75) is 12.8 Å². The van der Waals surface area contributed by atoms with Gasteiger partial charge in [-0.2, -0.15) is 0 Å². The molecule has 0 saturated carbocycles. The van der Waals surface area contributed by atoms with Crippen LogP contribution in [0.1, 0.15) is 33.6 Å². The van der Waals surface area contributed by atoms with Crippen LogP contribution in [-0.4, -0.2) is 66.0 Å². The Morgan fingerprint density at radius 3 is 2.20 bits per heavy atom. The number of nitro groups is 1. The fourth-order valence-corrected chi connectivity index (χ4v) is 5.32. The van der Waals surface area contributed by atoms with Gasteiger partial charge in [-0.15, -0.1) is 0 Å². The largest absolute Gasteiger partial charge is 0.371 e. The summed E-state index contributed by atoms with van der Waals surface area (Å²) in [5.41, 5.74) is 2.38. The van der Waals surface area contributed by atoms with Gasteiger partial charge in [0.25, 0.3) is 17.5 Å². The van der Waals surface area contributed by atoms with Crippen LogP contribution in [0.3, 0.4) is 0 Å². The summed E-state index contributed by atoms with van der Waals surface area (Å²) in [6.07, 6.45) is 1.99. The number of benzene rings is 3. The maximum atomic E-state index is 14.0. The lowest BCUT2D eigenvalue weighted by atomic mass is 10.1.